The maximum atomic E-state index is 12.9. The number of carbonyl (C=O) groups excluding carboxylic acids is 4. The summed E-state index contributed by atoms with van der Waals surface area (Å²) in [4.78, 5) is 51.8. The van der Waals surface area contributed by atoms with Crippen LogP contribution in [0.2, 0.25) is 0 Å². The predicted octanol–water partition coefficient (Wildman–Crippen LogP) is 3.79. The van der Waals surface area contributed by atoms with Crippen molar-refractivity contribution in [2.24, 2.45) is 0 Å². The Kier molecular flexibility index (Phi) is 6.27. The zero-order valence-electron chi connectivity index (χ0n) is 17.8. The van der Waals surface area contributed by atoms with Crippen LogP contribution in [0.1, 0.15) is 49.4 Å². The molecule has 9 heteroatoms. The molecule has 0 atom stereocenters. The molecule has 1 aliphatic carbocycles. The molecular weight excluding hydrogens is 430 g/mol. The van der Waals surface area contributed by atoms with Gasteiger partial charge in [-0.3, -0.25) is 14.5 Å². The number of rotatable bonds is 6. The van der Waals surface area contributed by atoms with Gasteiger partial charge in [0, 0.05) is 10.9 Å². The van der Waals surface area contributed by atoms with Crippen molar-refractivity contribution >= 4 is 40.2 Å². The first-order chi connectivity index (χ1) is 15.4. The lowest BCUT2D eigenvalue weighted by atomic mass is 9.82. The minimum atomic E-state index is -0.880. The van der Waals surface area contributed by atoms with Crippen LogP contribution in [0.25, 0.3) is 11.1 Å². The summed E-state index contributed by atoms with van der Waals surface area (Å²) in [5.41, 5.74) is 0.855. The highest BCUT2D eigenvalue weighted by molar-refractivity contribution is 7.15. The van der Waals surface area contributed by atoms with Crippen molar-refractivity contribution < 1.29 is 23.9 Å². The van der Waals surface area contributed by atoms with E-state index in [1.54, 1.807) is 12.3 Å². The Labute approximate surface area is 189 Å². The first kappa shape index (κ1) is 22.0. The summed E-state index contributed by atoms with van der Waals surface area (Å²) in [6.07, 6.45) is 3.95. The molecule has 1 aliphatic heterocycles. The molecule has 2 heterocycles. The zero-order chi connectivity index (χ0) is 22.7. The van der Waals surface area contributed by atoms with E-state index in [2.05, 4.69) is 10.6 Å². The molecule has 8 nitrogen and oxygen atoms in total. The summed E-state index contributed by atoms with van der Waals surface area (Å²) in [6, 6.07) is 8.78. The molecule has 32 heavy (non-hydrogen) atoms. The van der Waals surface area contributed by atoms with E-state index in [1.165, 1.54) is 11.3 Å². The fourth-order valence-electron chi connectivity index (χ4n) is 4.31. The van der Waals surface area contributed by atoms with E-state index < -0.39 is 30.0 Å². The minimum absolute atomic E-state index is 0.195. The first-order valence-electron chi connectivity index (χ1n) is 10.7. The maximum Gasteiger partial charge on any atom is 0.341 e. The minimum Gasteiger partial charge on any atom is -0.462 e. The van der Waals surface area contributed by atoms with E-state index in [0.29, 0.717) is 23.4 Å². The van der Waals surface area contributed by atoms with Gasteiger partial charge in [-0.25, -0.2) is 9.59 Å². The van der Waals surface area contributed by atoms with Crippen LogP contribution in [0.4, 0.5) is 9.80 Å². The van der Waals surface area contributed by atoms with E-state index in [4.69, 9.17) is 4.74 Å². The van der Waals surface area contributed by atoms with Gasteiger partial charge in [0.2, 0.25) is 5.91 Å². The highest BCUT2D eigenvalue weighted by atomic mass is 32.1. The molecule has 168 valence electrons. The molecule has 2 fully saturated rings. The number of imide groups is 1. The third-order valence-electron chi connectivity index (χ3n) is 5.86. The lowest BCUT2D eigenvalue weighted by molar-refractivity contribution is -0.134. The lowest BCUT2D eigenvalue weighted by Gasteiger charge is -2.30. The molecule has 1 spiro atoms. The van der Waals surface area contributed by atoms with Crippen molar-refractivity contribution in [1.29, 1.82) is 0 Å². The van der Waals surface area contributed by atoms with E-state index >= 15 is 0 Å². The quantitative estimate of drug-likeness (QED) is 0.509. The number of carbonyl (C=O) groups is 4. The summed E-state index contributed by atoms with van der Waals surface area (Å²) in [5, 5.41) is 7.61. The monoisotopic (exact) mass is 455 g/mol. The number of nitrogens with one attached hydrogen (secondary N) is 2. The third-order valence-corrected chi connectivity index (χ3v) is 6.76. The number of amides is 4. The van der Waals surface area contributed by atoms with Crippen molar-refractivity contribution in [2.45, 2.75) is 44.6 Å². The van der Waals surface area contributed by atoms with Crippen molar-refractivity contribution in [3.63, 3.8) is 0 Å². The SMILES string of the molecule is CCOC(=O)c1c(-c2ccccc2)csc1NC(=O)CN1C(=O)NC2(CCCCC2)C1=O. The Morgan fingerprint density at radius 2 is 1.88 bits per heavy atom. The molecule has 0 bridgehead atoms. The fraction of sp³-hybridized carbons (Fsp3) is 0.391. The van der Waals surface area contributed by atoms with Gasteiger partial charge in [-0.05, 0) is 25.3 Å². The molecule has 1 saturated carbocycles. The molecule has 4 amide bonds. The van der Waals surface area contributed by atoms with Crippen LogP contribution in [0, 0.1) is 0 Å². The van der Waals surface area contributed by atoms with Gasteiger partial charge in [0.15, 0.2) is 0 Å². The number of hydrogen-bond donors (Lipinski definition) is 2. The zero-order valence-corrected chi connectivity index (χ0v) is 18.6. The van der Waals surface area contributed by atoms with E-state index in [1.807, 2.05) is 30.3 Å². The van der Waals surface area contributed by atoms with Gasteiger partial charge in [-0.1, -0.05) is 49.6 Å². The number of nitrogens with zero attached hydrogens (tertiary/aromatic N) is 1. The molecule has 1 aromatic heterocycles. The summed E-state index contributed by atoms with van der Waals surface area (Å²) in [5.74, 6) is -1.44. The normalized spacial score (nSPS) is 17.3. The van der Waals surface area contributed by atoms with Crippen LogP contribution in [0.15, 0.2) is 35.7 Å². The Morgan fingerprint density at radius 1 is 1.16 bits per heavy atom. The van der Waals surface area contributed by atoms with Crippen molar-refractivity contribution in [2.75, 3.05) is 18.5 Å². The standard InChI is InChI=1S/C23H25N3O5S/c1-2-31-20(28)18-16(15-9-5-3-6-10-15)14-32-19(18)24-17(27)13-26-21(29)23(25-22(26)30)11-7-4-8-12-23/h3,5-6,9-10,14H,2,4,7-8,11-13H2,1H3,(H,24,27)(H,25,30). The number of esters is 1. The largest absolute Gasteiger partial charge is 0.462 e. The Morgan fingerprint density at radius 3 is 2.56 bits per heavy atom. The Balaban J connectivity index is 1.53. The van der Waals surface area contributed by atoms with Crippen molar-refractivity contribution in [1.82, 2.24) is 10.2 Å². The fourth-order valence-corrected chi connectivity index (χ4v) is 5.28. The summed E-state index contributed by atoms with van der Waals surface area (Å²) in [7, 11) is 0. The van der Waals surface area contributed by atoms with E-state index in [0.717, 1.165) is 29.7 Å². The number of anilines is 1. The highest BCUT2D eigenvalue weighted by Crippen LogP contribution is 2.37. The Bertz CT molecular complexity index is 1040. The number of ether oxygens (including phenoxy) is 1. The second-order valence-corrected chi connectivity index (χ2v) is 8.83. The average Bonchev–Trinajstić information content (AvgIpc) is 3.30. The van der Waals surface area contributed by atoms with Crippen LogP contribution < -0.4 is 10.6 Å². The van der Waals surface area contributed by atoms with E-state index in [9.17, 15) is 19.2 Å². The average molecular weight is 456 g/mol. The van der Waals surface area contributed by atoms with Gasteiger partial charge in [0.25, 0.3) is 5.91 Å². The molecule has 2 aromatic rings. The highest BCUT2D eigenvalue weighted by Gasteiger charge is 2.51. The smallest absolute Gasteiger partial charge is 0.341 e. The number of thiophene rings is 1. The van der Waals surface area contributed by atoms with Gasteiger partial charge in [-0.2, -0.15) is 0 Å². The molecule has 4 rings (SSSR count). The topological polar surface area (TPSA) is 105 Å². The first-order valence-corrected chi connectivity index (χ1v) is 11.6. The molecule has 1 saturated heterocycles. The molecule has 2 N–H and O–H groups in total. The van der Waals surface area contributed by atoms with Gasteiger partial charge < -0.3 is 15.4 Å². The van der Waals surface area contributed by atoms with Crippen molar-refractivity contribution in [3.05, 3.63) is 41.3 Å². The predicted molar refractivity (Wildman–Crippen MR) is 120 cm³/mol. The van der Waals surface area contributed by atoms with Gasteiger partial charge in [-0.15, -0.1) is 11.3 Å². The number of urea groups is 1. The summed E-state index contributed by atoms with van der Waals surface area (Å²) in [6.45, 7) is 1.50. The summed E-state index contributed by atoms with van der Waals surface area (Å²) < 4.78 is 5.20. The maximum absolute atomic E-state index is 12.9. The van der Waals surface area contributed by atoms with Crippen LogP contribution >= 0.6 is 11.3 Å². The molecule has 0 radical (unpaired) electrons. The number of hydrogen-bond acceptors (Lipinski definition) is 6. The molecule has 0 unspecified atom stereocenters. The van der Waals surface area contributed by atoms with E-state index in [-0.39, 0.29) is 18.1 Å². The van der Waals surface area contributed by atoms with Crippen LogP contribution in [0.3, 0.4) is 0 Å². The van der Waals surface area contributed by atoms with Crippen LogP contribution in [-0.4, -0.2) is 47.4 Å². The molecule has 2 aliphatic rings. The van der Waals surface area contributed by atoms with Gasteiger partial charge >= 0.3 is 12.0 Å². The Hall–Kier alpha value is -3.20. The van der Waals surface area contributed by atoms with Crippen molar-refractivity contribution in [3.8, 4) is 11.1 Å². The van der Waals surface area contributed by atoms with Gasteiger partial charge in [0.1, 0.15) is 22.6 Å². The van der Waals surface area contributed by atoms with Gasteiger partial charge in [0.05, 0.1) is 6.61 Å². The molecule has 1 aromatic carbocycles. The lowest BCUT2D eigenvalue weighted by Crippen LogP contribution is -2.48. The number of benzene rings is 1. The second kappa shape index (κ2) is 9.12. The molecular formula is C23H25N3O5S. The summed E-state index contributed by atoms with van der Waals surface area (Å²) >= 11 is 1.20. The van der Waals surface area contributed by atoms with Crippen LogP contribution in [-0.2, 0) is 14.3 Å². The third kappa shape index (κ3) is 4.12. The van der Waals surface area contributed by atoms with Crippen LogP contribution in [0.5, 0.6) is 0 Å². The second-order valence-electron chi connectivity index (χ2n) is 7.95.